The van der Waals surface area contributed by atoms with E-state index in [1.165, 1.54) is 7.11 Å². The predicted octanol–water partition coefficient (Wildman–Crippen LogP) is 1.20. The Morgan fingerprint density at radius 1 is 1.69 bits per heavy atom. The van der Waals surface area contributed by atoms with Gasteiger partial charge in [0.2, 0.25) is 0 Å². The van der Waals surface area contributed by atoms with E-state index < -0.39 is 0 Å². The van der Waals surface area contributed by atoms with E-state index in [2.05, 4.69) is 10.1 Å². The number of methoxy groups -OCH3 is 1. The fourth-order valence-electron chi connectivity index (χ4n) is 2.11. The van der Waals surface area contributed by atoms with Crippen molar-refractivity contribution in [1.29, 1.82) is 0 Å². The highest BCUT2D eigenvalue weighted by Gasteiger charge is 2.29. The number of likely N-dealkylation sites (tertiary alicyclic amines) is 1. The molecule has 5 nitrogen and oxygen atoms in total. The molecule has 1 aromatic heterocycles. The lowest BCUT2D eigenvalue weighted by molar-refractivity contribution is -0.148. The Morgan fingerprint density at radius 2 is 2.56 bits per heavy atom. The van der Waals surface area contributed by atoms with Gasteiger partial charge in [0.1, 0.15) is 6.04 Å². The highest BCUT2D eigenvalue weighted by molar-refractivity contribution is 5.75. The molecule has 1 fully saturated rings. The lowest BCUT2D eigenvalue weighted by Crippen LogP contribution is -2.44. The van der Waals surface area contributed by atoms with Crippen LogP contribution >= 0.6 is 0 Å². The van der Waals surface area contributed by atoms with Crippen LogP contribution in [0.25, 0.3) is 0 Å². The van der Waals surface area contributed by atoms with Gasteiger partial charge in [-0.15, -0.1) is 0 Å². The molecule has 0 spiro atoms. The second kappa shape index (κ2) is 5.12. The van der Waals surface area contributed by atoms with Gasteiger partial charge in [0.15, 0.2) is 5.76 Å². The number of ether oxygens (including phenoxy) is 1. The molecule has 1 atom stereocenters. The highest BCUT2D eigenvalue weighted by atomic mass is 16.5. The van der Waals surface area contributed by atoms with Crippen LogP contribution in [0.4, 0.5) is 0 Å². The van der Waals surface area contributed by atoms with Gasteiger partial charge in [-0.2, -0.15) is 0 Å². The van der Waals surface area contributed by atoms with Crippen LogP contribution in [0.5, 0.6) is 0 Å². The van der Waals surface area contributed by atoms with E-state index in [0.29, 0.717) is 6.54 Å². The molecule has 0 aliphatic carbocycles. The minimum atomic E-state index is -0.154. The number of esters is 1. The molecule has 0 bridgehead atoms. The number of hydrogen-bond donors (Lipinski definition) is 0. The molecule has 5 heteroatoms. The SMILES string of the molecule is COC(=O)C1CCCCN1Cc1ccno1. The molecule has 0 N–H and O–H groups in total. The van der Waals surface area contributed by atoms with E-state index in [1.807, 2.05) is 6.07 Å². The summed E-state index contributed by atoms with van der Waals surface area (Å²) >= 11 is 0. The number of piperidine rings is 1. The fraction of sp³-hybridized carbons (Fsp3) is 0.636. The number of carbonyl (C=O) groups is 1. The first kappa shape index (κ1) is 11.1. The van der Waals surface area contributed by atoms with Crippen molar-refractivity contribution in [1.82, 2.24) is 10.1 Å². The quantitative estimate of drug-likeness (QED) is 0.722. The van der Waals surface area contributed by atoms with Gasteiger partial charge >= 0.3 is 5.97 Å². The van der Waals surface area contributed by atoms with Crippen LogP contribution in [0.1, 0.15) is 25.0 Å². The Labute approximate surface area is 94.3 Å². The minimum absolute atomic E-state index is 0.135. The van der Waals surface area contributed by atoms with Crippen LogP contribution < -0.4 is 0 Å². The summed E-state index contributed by atoms with van der Waals surface area (Å²) in [6.45, 7) is 1.53. The van der Waals surface area contributed by atoms with Crippen LogP contribution in [0.15, 0.2) is 16.8 Å². The van der Waals surface area contributed by atoms with Crippen molar-refractivity contribution in [3.05, 3.63) is 18.0 Å². The van der Waals surface area contributed by atoms with Gasteiger partial charge in [-0.1, -0.05) is 11.6 Å². The number of hydrogen-bond acceptors (Lipinski definition) is 5. The Balaban J connectivity index is 2.02. The summed E-state index contributed by atoms with van der Waals surface area (Å²) in [5.74, 6) is 0.634. The van der Waals surface area contributed by atoms with Crippen molar-refractivity contribution >= 4 is 5.97 Å². The molecular formula is C11H16N2O3. The van der Waals surface area contributed by atoms with E-state index in [4.69, 9.17) is 9.26 Å². The van der Waals surface area contributed by atoms with Gasteiger partial charge < -0.3 is 9.26 Å². The number of aromatic nitrogens is 1. The Hall–Kier alpha value is -1.36. The van der Waals surface area contributed by atoms with Gasteiger partial charge in [-0.3, -0.25) is 9.69 Å². The molecule has 1 saturated heterocycles. The monoisotopic (exact) mass is 224 g/mol. The zero-order chi connectivity index (χ0) is 11.4. The zero-order valence-corrected chi connectivity index (χ0v) is 9.39. The maximum absolute atomic E-state index is 11.6. The molecule has 88 valence electrons. The standard InChI is InChI=1S/C11H16N2O3/c1-15-11(14)10-4-2-3-7-13(10)8-9-5-6-12-16-9/h5-6,10H,2-4,7-8H2,1H3. The van der Waals surface area contributed by atoms with Crippen LogP contribution in [0, 0.1) is 0 Å². The molecule has 1 aliphatic rings. The first-order valence-electron chi connectivity index (χ1n) is 5.52. The first-order valence-corrected chi connectivity index (χ1v) is 5.52. The topological polar surface area (TPSA) is 55.6 Å². The average molecular weight is 224 g/mol. The summed E-state index contributed by atoms with van der Waals surface area (Å²) in [5, 5.41) is 3.66. The largest absolute Gasteiger partial charge is 0.468 e. The molecule has 2 heterocycles. The molecule has 0 aromatic carbocycles. The van der Waals surface area contributed by atoms with Crippen molar-refractivity contribution in [2.45, 2.75) is 31.8 Å². The second-order valence-corrected chi connectivity index (χ2v) is 3.98. The summed E-state index contributed by atoms with van der Waals surface area (Å²) in [6, 6.07) is 1.69. The summed E-state index contributed by atoms with van der Waals surface area (Å²) < 4.78 is 9.87. The molecule has 1 unspecified atom stereocenters. The van der Waals surface area contributed by atoms with E-state index in [-0.39, 0.29) is 12.0 Å². The van der Waals surface area contributed by atoms with Crippen molar-refractivity contribution in [3.8, 4) is 0 Å². The van der Waals surface area contributed by atoms with E-state index in [1.54, 1.807) is 6.20 Å². The molecule has 0 radical (unpaired) electrons. The Kier molecular flexibility index (Phi) is 3.56. The van der Waals surface area contributed by atoms with Crippen molar-refractivity contribution in [3.63, 3.8) is 0 Å². The predicted molar refractivity (Wildman–Crippen MR) is 56.6 cm³/mol. The third kappa shape index (κ3) is 2.41. The van der Waals surface area contributed by atoms with Crippen LogP contribution in [0.3, 0.4) is 0 Å². The van der Waals surface area contributed by atoms with E-state index in [0.717, 1.165) is 31.6 Å². The maximum atomic E-state index is 11.6. The van der Waals surface area contributed by atoms with Crippen LogP contribution in [0.2, 0.25) is 0 Å². The van der Waals surface area contributed by atoms with Gasteiger partial charge in [0, 0.05) is 6.07 Å². The molecular weight excluding hydrogens is 208 g/mol. The van der Waals surface area contributed by atoms with Crippen molar-refractivity contribution in [2.24, 2.45) is 0 Å². The van der Waals surface area contributed by atoms with Crippen molar-refractivity contribution < 1.29 is 14.1 Å². The number of nitrogens with zero attached hydrogens (tertiary/aromatic N) is 2. The molecule has 0 saturated carbocycles. The zero-order valence-electron chi connectivity index (χ0n) is 9.39. The minimum Gasteiger partial charge on any atom is -0.468 e. The van der Waals surface area contributed by atoms with Gasteiger partial charge in [0.25, 0.3) is 0 Å². The molecule has 16 heavy (non-hydrogen) atoms. The Bertz CT molecular complexity index is 337. The molecule has 1 aliphatic heterocycles. The third-order valence-corrected chi connectivity index (χ3v) is 2.94. The first-order chi connectivity index (χ1) is 7.81. The molecule has 2 rings (SSSR count). The third-order valence-electron chi connectivity index (χ3n) is 2.94. The van der Waals surface area contributed by atoms with Gasteiger partial charge in [-0.25, -0.2) is 0 Å². The molecule has 0 amide bonds. The second-order valence-electron chi connectivity index (χ2n) is 3.98. The lowest BCUT2D eigenvalue weighted by Gasteiger charge is -2.32. The van der Waals surface area contributed by atoms with Crippen LogP contribution in [-0.2, 0) is 16.1 Å². The summed E-state index contributed by atoms with van der Waals surface area (Å²) in [5.41, 5.74) is 0. The van der Waals surface area contributed by atoms with Gasteiger partial charge in [-0.05, 0) is 19.4 Å². The summed E-state index contributed by atoms with van der Waals surface area (Å²) in [7, 11) is 1.43. The van der Waals surface area contributed by atoms with E-state index >= 15 is 0 Å². The van der Waals surface area contributed by atoms with Gasteiger partial charge in [0.05, 0.1) is 19.9 Å². The number of carbonyl (C=O) groups excluding carboxylic acids is 1. The van der Waals surface area contributed by atoms with Crippen LogP contribution in [-0.4, -0.2) is 35.7 Å². The fourth-order valence-corrected chi connectivity index (χ4v) is 2.11. The average Bonchev–Trinajstić information content (AvgIpc) is 2.82. The summed E-state index contributed by atoms with van der Waals surface area (Å²) in [4.78, 5) is 13.7. The summed E-state index contributed by atoms with van der Waals surface area (Å²) in [6.07, 6.45) is 4.67. The Morgan fingerprint density at radius 3 is 3.25 bits per heavy atom. The lowest BCUT2D eigenvalue weighted by atomic mass is 10.0. The smallest absolute Gasteiger partial charge is 0.323 e. The van der Waals surface area contributed by atoms with E-state index in [9.17, 15) is 4.79 Å². The maximum Gasteiger partial charge on any atom is 0.323 e. The molecule has 1 aromatic rings. The normalized spacial score (nSPS) is 21.9. The van der Waals surface area contributed by atoms with Crippen molar-refractivity contribution in [2.75, 3.05) is 13.7 Å². The highest BCUT2D eigenvalue weighted by Crippen LogP contribution is 2.20. The number of rotatable bonds is 3.